The smallest absolute Gasteiger partial charge is 0.221 e. The third-order valence-electron chi connectivity index (χ3n) is 3.83. The summed E-state index contributed by atoms with van der Waals surface area (Å²) in [6.07, 6.45) is 6.55. The highest BCUT2D eigenvalue weighted by molar-refractivity contribution is 5.87. The van der Waals surface area contributed by atoms with Crippen LogP contribution in [0.3, 0.4) is 0 Å². The van der Waals surface area contributed by atoms with Gasteiger partial charge in [-0.25, -0.2) is 4.98 Å². The highest BCUT2D eigenvalue weighted by Crippen LogP contribution is 2.26. The van der Waals surface area contributed by atoms with E-state index in [0.29, 0.717) is 18.5 Å². The van der Waals surface area contributed by atoms with E-state index in [0.717, 1.165) is 23.7 Å². The van der Waals surface area contributed by atoms with Crippen LogP contribution in [0.4, 0.5) is 0 Å². The lowest BCUT2D eigenvalue weighted by Gasteiger charge is -2.23. The molecule has 20 heavy (non-hydrogen) atoms. The SMILES string of the molecule is Oc1ccc2ccnc(OCCC3CCCCN3)c2c1. The molecule has 0 amide bonds. The zero-order valence-electron chi connectivity index (χ0n) is 11.5. The molecule has 0 radical (unpaired) electrons. The Morgan fingerprint density at radius 3 is 3.10 bits per heavy atom. The van der Waals surface area contributed by atoms with Gasteiger partial charge in [0, 0.05) is 17.6 Å². The minimum Gasteiger partial charge on any atom is -0.508 e. The van der Waals surface area contributed by atoms with E-state index in [-0.39, 0.29) is 5.75 Å². The lowest BCUT2D eigenvalue weighted by Crippen LogP contribution is -2.35. The Morgan fingerprint density at radius 2 is 2.25 bits per heavy atom. The number of hydrogen-bond donors (Lipinski definition) is 2. The second kappa shape index (κ2) is 6.09. The van der Waals surface area contributed by atoms with E-state index >= 15 is 0 Å². The third kappa shape index (κ3) is 3.02. The van der Waals surface area contributed by atoms with Crippen molar-refractivity contribution in [3.8, 4) is 11.6 Å². The number of piperidine rings is 1. The van der Waals surface area contributed by atoms with E-state index in [1.807, 2.05) is 12.1 Å². The number of aromatic nitrogens is 1. The fraction of sp³-hybridized carbons (Fsp3) is 0.438. The van der Waals surface area contributed by atoms with Crippen molar-refractivity contribution >= 4 is 10.8 Å². The van der Waals surface area contributed by atoms with Crippen molar-refractivity contribution in [1.82, 2.24) is 10.3 Å². The molecule has 4 nitrogen and oxygen atoms in total. The monoisotopic (exact) mass is 272 g/mol. The van der Waals surface area contributed by atoms with Crippen LogP contribution in [-0.2, 0) is 0 Å². The minimum absolute atomic E-state index is 0.240. The van der Waals surface area contributed by atoms with Gasteiger partial charge in [0.2, 0.25) is 5.88 Å². The largest absolute Gasteiger partial charge is 0.508 e. The quantitative estimate of drug-likeness (QED) is 0.898. The molecule has 2 N–H and O–H groups in total. The molecular formula is C16H20N2O2. The molecule has 1 unspecified atom stereocenters. The van der Waals surface area contributed by atoms with Gasteiger partial charge < -0.3 is 15.2 Å². The molecule has 1 aliphatic heterocycles. The zero-order chi connectivity index (χ0) is 13.8. The Bertz CT molecular complexity index is 580. The summed E-state index contributed by atoms with van der Waals surface area (Å²) >= 11 is 0. The second-order valence-electron chi connectivity index (χ2n) is 5.31. The van der Waals surface area contributed by atoms with Crippen molar-refractivity contribution in [2.45, 2.75) is 31.7 Å². The maximum Gasteiger partial charge on any atom is 0.221 e. The van der Waals surface area contributed by atoms with E-state index < -0.39 is 0 Å². The molecule has 2 heterocycles. The molecule has 1 aliphatic rings. The van der Waals surface area contributed by atoms with E-state index in [9.17, 15) is 5.11 Å². The Labute approximate surface area is 118 Å². The van der Waals surface area contributed by atoms with Crippen molar-refractivity contribution < 1.29 is 9.84 Å². The number of benzene rings is 1. The Kier molecular flexibility index (Phi) is 4.02. The topological polar surface area (TPSA) is 54.4 Å². The molecule has 0 bridgehead atoms. The standard InChI is InChI=1S/C16H20N2O2/c19-14-5-4-12-6-9-18-16(15(12)11-14)20-10-7-13-3-1-2-8-17-13/h4-6,9,11,13,17,19H,1-3,7-8,10H2. The molecule has 1 aromatic carbocycles. The highest BCUT2D eigenvalue weighted by Gasteiger charge is 2.12. The Balaban J connectivity index is 1.66. The molecule has 0 saturated carbocycles. The number of phenols is 1. The lowest BCUT2D eigenvalue weighted by atomic mass is 10.0. The first-order valence-electron chi connectivity index (χ1n) is 7.27. The summed E-state index contributed by atoms with van der Waals surface area (Å²) < 4.78 is 5.81. The van der Waals surface area contributed by atoms with Crippen molar-refractivity contribution in [1.29, 1.82) is 0 Å². The number of ether oxygens (including phenoxy) is 1. The number of nitrogens with one attached hydrogen (secondary N) is 1. The number of nitrogens with zero attached hydrogens (tertiary/aromatic N) is 1. The summed E-state index contributed by atoms with van der Waals surface area (Å²) in [4.78, 5) is 4.28. The van der Waals surface area contributed by atoms with Crippen LogP contribution in [0.5, 0.6) is 11.6 Å². The number of rotatable bonds is 4. The average Bonchev–Trinajstić information content (AvgIpc) is 2.49. The summed E-state index contributed by atoms with van der Waals surface area (Å²) in [6.45, 7) is 1.77. The predicted molar refractivity (Wildman–Crippen MR) is 79.2 cm³/mol. The van der Waals surface area contributed by atoms with Crippen LogP contribution in [0.2, 0.25) is 0 Å². The Morgan fingerprint density at radius 1 is 1.30 bits per heavy atom. The van der Waals surface area contributed by atoms with E-state index in [1.54, 1.807) is 18.3 Å². The number of fused-ring (bicyclic) bond motifs is 1. The summed E-state index contributed by atoms with van der Waals surface area (Å²) in [5.74, 6) is 0.846. The van der Waals surface area contributed by atoms with Crippen molar-refractivity contribution in [3.05, 3.63) is 30.5 Å². The first-order chi connectivity index (χ1) is 9.83. The fourth-order valence-electron chi connectivity index (χ4n) is 2.71. The normalized spacial score (nSPS) is 19.1. The van der Waals surface area contributed by atoms with Crippen LogP contribution >= 0.6 is 0 Å². The summed E-state index contributed by atoms with van der Waals surface area (Å²) in [5, 5.41) is 15.0. The van der Waals surface area contributed by atoms with Crippen LogP contribution in [0.1, 0.15) is 25.7 Å². The molecular weight excluding hydrogens is 252 g/mol. The molecule has 1 aromatic heterocycles. The van der Waals surface area contributed by atoms with Crippen molar-refractivity contribution in [2.24, 2.45) is 0 Å². The summed E-state index contributed by atoms with van der Waals surface area (Å²) in [6, 6.07) is 7.74. The number of pyridine rings is 1. The van der Waals surface area contributed by atoms with Crippen molar-refractivity contribution in [3.63, 3.8) is 0 Å². The minimum atomic E-state index is 0.240. The predicted octanol–water partition coefficient (Wildman–Crippen LogP) is 2.85. The maximum absolute atomic E-state index is 9.59. The van der Waals surface area contributed by atoms with Gasteiger partial charge in [-0.3, -0.25) is 0 Å². The molecule has 0 aliphatic carbocycles. The molecule has 1 fully saturated rings. The average molecular weight is 272 g/mol. The van der Waals surface area contributed by atoms with Crippen LogP contribution in [0.15, 0.2) is 30.5 Å². The molecule has 106 valence electrons. The molecule has 4 heteroatoms. The maximum atomic E-state index is 9.59. The molecule has 3 rings (SSSR count). The van der Waals surface area contributed by atoms with Gasteiger partial charge in [0.05, 0.1) is 6.61 Å². The van der Waals surface area contributed by atoms with E-state index in [1.165, 1.54) is 19.3 Å². The fourth-order valence-corrected chi connectivity index (χ4v) is 2.71. The highest BCUT2D eigenvalue weighted by atomic mass is 16.5. The summed E-state index contributed by atoms with van der Waals surface area (Å²) in [7, 11) is 0. The summed E-state index contributed by atoms with van der Waals surface area (Å²) in [5.41, 5.74) is 0. The molecule has 0 spiro atoms. The van der Waals surface area contributed by atoms with E-state index in [2.05, 4.69) is 10.3 Å². The zero-order valence-corrected chi connectivity index (χ0v) is 11.5. The van der Waals surface area contributed by atoms with E-state index in [4.69, 9.17) is 4.74 Å². The van der Waals surface area contributed by atoms with Gasteiger partial charge in [-0.2, -0.15) is 0 Å². The molecule has 2 aromatic rings. The number of aromatic hydroxyl groups is 1. The van der Waals surface area contributed by atoms with Crippen LogP contribution in [-0.4, -0.2) is 29.3 Å². The van der Waals surface area contributed by atoms with Gasteiger partial charge in [-0.1, -0.05) is 12.5 Å². The molecule has 1 saturated heterocycles. The number of phenolic OH excluding ortho intramolecular Hbond substituents is 1. The van der Waals surface area contributed by atoms with Gasteiger partial charge in [-0.05, 0) is 49.4 Å². The van der Waals surface area contributed by atoms with Crippen LogP contribution in [0.25, 0.3) is 10.8 Å². The lowest BCUT2D eigenvalue weighted by molar-refractivity contribution is 0.263. The van der Waals surface area contributed by atoms with Gasteiger partial charge >= 0.3 is 0 Å². The van der Waals surface area contributed by atoms with Gasteiger partial charge in [-0.15, -0.1) is 0 Å². The first kappa shape index (κ1) is 13.2. The van der Waals surface area contributed by atoms with Gasteiger partial charge in [0.15, 0.2) is 0 Å². The first-order valence-corrected chi connectivity index (χ1v) is 7.27. The third-order valence-corrected chi connectivity index (χ3v) is 3.83. The second-order valence-corrected chi connectivity index (χ2v) is 5.31. The van der Waals surface area contributed by atoms with Crippen molar-refractivity contribution in [2.75, 3.05) is 13.2 Å². The number of hydrogen-bond acceptors (Lipinski definition) is 4. The van der Waals surface area contributed by atoms with Crippen LogP contribution < -0.4 is 10.1 Å². The van der Waals surface area contributed by atoms with Crippen LogP contribution in [0, 0.1) is 0 Å². The van der Waals surface area contributed by atoms with Gasteiger partial charge in [0.1, 0.15) is 5.75 Å². The Hall–Kier alpha value is -1.81. The van der Waals surface area contributed by atoms with Gasteiger partial charge in [0.25, 0.3) is 0 Å². The molecule has 1 atom stereocenters.